The van der Waals surface area contributed by atoms with Gasteiger partial charge in [0.05, 0.1) is 5.54 Å². The summed E-state index contributed by atoms with van der Waals surface area (Å²) < 4.78 is 41.7. The van der Waals surface area contributed by atoms with Gasteiger partial charge in [0, 0.05) is 36.1 Å². The first-order valence-corrected chi connectivity index (χ1v) is 17.7. The summed E-state index contributed by atoms with van der Waals surface area (Å²) in [6.07, 6.45) is 0.180. The van der Waals surface area contributed by atoms with Crippen LogP contribution in [0.1, 0.15) is 50.4 Å². The number of hydrogen-bond donors (Lipinski definition) is 8. The highest BCUT2D eigenvalue weighted by Gasteiger charge is 2.58. The standard InChI is InChI=1S/C29H38N8O11S2/c1-28(2)22(25(40)37(28)48-50(43,44)45)35-24(39)21(18-13-49-27(31)34-18)36-47-29(3,26(41)42)20-7-5-14-10-15(4-6-19(14)46-20)23(30)33-17-8-9-32-11-16(17)12-38/h4,6,10,13,16-17,20,22,32,38H,5,7-9,11-12H2,1-3H3,(H2,30,33)(H2,31,34)(H,35,39)(H,41,42)(H,43,44,45)/b36-21-/t16-,17-,20+,22+,29?/m0/s1. The smallest absolute Gasteiger partial charge is 0.418 e. The Morgan fingerprint density at radius 1 is 1.32 bits per heavy atom. The molecule has 0 radical (unpaired) electrons. The lowest BCUT2D eigenvalue weighted by Crippen LogP contribution is -2.76. The average molecular weight is 739 g/mol. The highest BCUT2D eigenvalue weighted by Crippen LogP contribution is 2.35. The van der Waals surface area contributed by atoms with Gasteiger partial charge >= 0.3 is 16.4 Å². The molecule has 2 fully saturated rings. The van der Waals surface area contributed by atoms with Crippen LogP contribution in [0.25, 0.3) is 0 Å². The molecule has 0 spiro atoms. The number of nitrogens with one attached hydrogen (secondary N) is 4. The van der Waals surface area contributed by atoms with E-state index in [0.717, 1.165) is 29.9 Å². The fourth-order valence-corrected chi connectivity index (χ4v) is 6.90. The van der Waals surface area contributed by atoms with Crippen LogP contribution in [-0.2, 0) is 40.3 Å². The largest absolute Gasteiger partial charge is 0.485 e. The van der Waals surface area contributed by atoms with E-state index in [-0.39, 0.29) is 41.6 Å². The van der Waals surface area contributed by atoms with Crippen LogP contribution < -0.4 is 26.4 Å². The molecule has 9 N–H and O–H groups in total. The number of aryl methyl sites for hydroxylation is 1. The summed E-state index contributed by atoms with van der Waals surface area (Å²) in [5.74, 6) is -2.96. The average Bonchev–Trinajstić information content (AvgIpc) is 3.50. The molecule has 3 aliphatic heterocycles. The number of ether oxygens (including phenoxy) is 1. The van der Waals surface area contributed by atoms with E-state index in [1.807, 2.05) is 0 Å². The van der Waals surface area contributed by atoms with Gasteiger partial charge < -0.3 is 41.5 Å². The van der Waals surface area contributed by atoms with Crippen molar-refractivity contribution >= 4 is 56.2 Å². The maximum Gasteiger partial charge on any atom is 0.418 e. The van der Waals surface area contributed by atoms with E-state index in [4.69, 9.17) is 25.3 Å². The first-order valence-electron chi connectivity index (χ1n) is 15.4. The number of anilines is 1. The molecule has 0 aliphatic carbocycles. The first kappa shape index (κ1) is 36.9. The monoisotopic (exact) mass is 738 g/mol. The summed E-state index contributed by atoms with van der Waals surface area (Å²) in [6.45, 7) is 5.36. The highest BCUT2D eigenvalue weighted by molar-refractivity contribution is 7.80. The van der Waals surface area contributed by atoms with Crippen molar-refractivity contribution in [1.82, 2.24) is 26.0 Å². The number of aromatic nitrogens is 1. The normalized spacial score (nSPS) is 24.5. The Morgan fingerprint density at radius 2 is 2.06 bits per heavy atom. The minimum atomic E-state index is -5.04. The fourth-order valence-electron chi connectivity index (χ4n) is 5.90. The van der Waals surface area contributed by atoms with Crippen molar-refractivity contribution in [2.24, 2.45) is 11.1 Å². The molecule has 2 saturated heterocycles. The number of thiazole rings is 1. The van der Waals surface area contributed by atoms with E-state index >= 15 is 0 Å². The minimum Gasteiger partial charge on any atom is -0.485 e. The topological polar surface area (TPSA) is 288 Å². The highest BCUT2D eigenvalue weighted by atomic mass is 32.3. The third-order valence-electron chi connectivity index (χ3n) is 8.93. The molecule has 0 bridgehead atoms. The molecule has 50 heavy (non-hydrogen) atoms. The van der Waals surface area contributed by atoms with E-state index in [9.17, 15) is 33.0 Å². The lowest BCUT2D eigenvalue weighted by molar-refractivity contribution is -0.218. The zero-order chi connectivity index (χ0) is 36.6. The van der Waals surface area contributed by atoms with Crippen LogP contribution in [0.15, 0.2) is 28.7 Å². The molecule has 1 aromatic carbocycles. The number of β-lactam (4-membered cyclic amide) rings is 1. The van der Waals surface area contributed by atoms with E-state index in [1.54, 1.807) is 18.2 Å². The number of carboxylic acids is 1. The fraction of sp³-hybridized carbons (Fsp3) is 0.517. The summed E-state index contributed by atoms with van der Waals surface area (Å²) in [5.41, 5.74) is 2.88. The zero-order valence-electron chi connectivity index (χ0n) is 27.2. The molecule has 5 rings (SSSR count). The predicted molar refractivity (Wildman–Crippen MR) is 177 cm³/mol. The number of piperidine rings is 1. The molecule has 3 aliphatic rings. The number of carboxylic acid groups (broad SMARTS) is 1. The Labute approximate surface area is 290 Å². The van der Waals surface area contributed by atoms with Crippen molar-refractivity contribution in [1.29, 1.82) is 5.41 Å². The maximum absolute atomic E-state index is 13.5. The number of aliphatic hydroxyl groups excluding tert-OH is 1. The summed E-state index contributed by atoms with van der Waals surface area (Å²) in [6, 6.07) is 3.67. The molecule has 1 aromatic heterocycles. The van der Waals surface area contributed by atoms with Gasteiger partial charge in [-0.25, -0.2) is 9.78 Å². The molecular formula is C29H38N8O11S2. The number of fused-ring (bicyclic) bond motifs is 1. The van der Waals surface area contributed by atoms with Gasteiger partial charge in [-0.1, -0.05) is 5.16 Å². The second-order valence-electron chi connectivity index (χ2n) is 12.7. The summed E-state index contributed by atoms with van der Waals surface area (Å²) in [4.78, 5) is 48.4. The molecular weight excluding hydrogens is 700 g/mol. The summed E-state index contributed by atoms with van der Waals surface area (Å²) >= 11 is 0.956. The predicted octanol–water partition coefficient (Wildman–Crippen LogP) is -0.592. The molecule has 2 amide bonds. The number of nitrogen functional groups attached to an aromatic ring is 1. The maximum atomic E-state index is 13.5. The third-order valence-corrected chi connectivity index (χ3v) is 9.94. The van der Waals surface area contributed by atoms with Gasteiger partial charge in [-0.05, 0) is 70.3 Å². The molecule has 0 saturated carbocycles. The van der Waals surface area contributed by atoms with Gasteiger partial charge in [-0.15, -0.1) is 15.6 Å². The van der Waals surface area contributed by atoms with E-state index < -0.39 is 57.2 Å². The van der Waals surface area contributed by atoms with Gasteiger partial charge in [0.15, 0.2) is 16.9 Å². The Balaban J connectivity index is 1.33. The zero-order valence-corrected chi connectivity index (χ0v) is 28.8. The Hall–Kier alpha value is -4.41. The van der Waals surface area contributed by atoms with Gasteiger partial charge in [0.25, 0.3) is 17.4 Å². The van der Waals surface area contributed by atoms with Gasteiger partial charge in [-0.3, -0.25) is 19.6 Å². The second-order valence-corrected chi connectivity index (χ2v) is 14.6. The van der Waals surface area contributed by atoms with E-state index in [0.29, 0.717) is 29.3 Å². The number of benzene rings is 1. The van der Waals surface area contributed by atoms with Gasteiger partial charge in [0.1, 0.15) is 23.3 Å². The number of carbonyl (C=O) groups is 3. The number of carbonyl (C=O) groups excluding carboxylic acids is 2. The molecule has 5 atom stereocenters. The van der Waals surface area contributed by atoms with Gasteiger partial charge in [0.2, 0.25) is 0 Å². The quantitative estimate of drug-likeness (QED) is 0.0444. The van der Waals surface area contributed by atoms with Crippen LogP contribution in [-0.4, -0.2) is 112 Å². The van der Waals surface area contributed by atoms with Crippen molar-refractivity contribution in [2.75, 3.05) is 25.4 Å². The van der Waals surface area contributed by atoms with Crippen LogP contribution in [0.2, 0.25) is 0 Å². The lowest BCUT2D eigenvalue weighted by atomic mass is 9.84. The number of amides is 2. The number of nitrogens with two attached hydrogens (primary N) is 1. The molecule has 4 heterocycles. The van der Waals surface area contributed by atoms with E-state index in [2.05, 4.69) is 30.4 Å². The number of amidine groups is 1. The molecule has 1 unspecified atom stereocenters. The number of rotatable bonds is 12. The number of aliphatic carboxylic acids is 1. The van der Waals surface area contributed by atoms with Crippen molar-refractivity contribution in [3.05, 3.63) is 40.4 Å². The van der Waals surface area contributed by atoms with Crippen molar-refractivity contribution in [3.63, 3.8) is 0 Å². The molecule has 19 nitrogen and oxygen atoms in total. The van der Waals surface area contributed by atoms with Crippen molar-refractivity contribution in [3.8, 4) is 5.75 Å². The Bertz CT molecular complexity index is 1820. The van der Waals surface area contributed by atoms with Gasteiger partial charge in [-0.2, -0.15) is 13.5 Å². The van der Waals surface area contributed by atoms with Crippen LogP contribution in [0, 0.1) is 11.3 Å². The van der Waals surface area contributed by atoms with Crippen molar-refractivity contribution < 1.29 is 51.4 Å². The van der Waals surface area contributed by atoms with Crippen LogP contribution in [0.4, 0.5) is 5.13 Å². The third kappa shape index (κ3) is 7.51. The SMILES string of the molecule is CC(O/N=C(\C(=O)N[C@@H]1C(=O)N(OS(=O)(=O)O)C1(C)C)c1csc(N)n1)(C(=O)O)[C@H]1CCc2cc(C(=N)N[C@H]3CCNC[C@H]3CO)ccc2O1. The number of oxime groups is 1. The number of hydroxylamine groups is 2. The second kappa shape index (κ2) is 14.1. The molecule has 2 aromatic rings. The number of aliphatic hydroxyl groups is 1. The molecule has 21 heteroatoms. The Morgan fingerprint density at radius 3 is 2.68 bits per heavy atom. The molecule has 272 valence electrons. The summed E-state index contributed by atoms with van der Waals surface area (Å²) in [5, 5.41) is 43.1. The van der Waals surface area contributed by atoms with Crippen molar-refractivity contribution in [2.45, 2.75) is 69.4 Å². The Kier molecular flexibility index (Phi) is 10.4. The first-order chi connectivity index (χ1) is 23.4. The number of hydrogen-bond acceptors (Lipinski definition) is 15. The van der Waals surface area contributed by atoms with Crippen LogP contribution in [0.3, 0.4) is 0 Å². The van der Waals surface area contributed by atoms with E-state index in [1.165, 1.54) is 26.2 Å². The number of nitrogens with zero attached hydrogens (tertiary/aromatic N) is 3. The minimum absolute atomic E-state index is 0.0119. The lowest BCUT2D eigenvalue weighted by Gasteiger charge is -2.50. The van der Waals surface area contributed by atoms with Crippen LogP contribution in [0.5, 0.6) is 5.75 Å². The summed E-state index contributed by atoms with van der Waals surface area (Å²) in [7, 11) is -5.04. The van der Waals surface area contributed by atoms with Crippen LogP contribution >= 0.6 is 11.3 Å².